The number of rotatable bonds is 7. The highest BCUT2D eigenvalue weighted by Crippen LogP contribution is 2.34. The van der Waals surface area contributed by atoms with Crippen LogP contribution in [-0.4, -0.2) is 35.3 Å². The number of nitrogens with zero attached hydrogens (tertiary/aromatic N) is 4. The largest absolute Gasteiger partial charge is 0.493 e. The first-order chi connectivity index (χ1) is 15.0. The standard InChI is InChI=1S/C20H16N6O5/c1-30-16-9-14(26(28)29)8-13(18(16)31-2)11-22-25-20-23-17(12-6-4-3-5-7-12)15(10-21)19(27)24-20/h3-9,11H,1-2H3,(H2,23,24,25,27). The van der Waals surface area contributed by atoms with Crippen LogP contribution in [0.25, 0.3) is 11.3 Å². The number of aromatic nitrogens is 2. The van der Waals surface area contributed by atoms with E-state index in [1.54, 1.807) is 30.3 Å². The lowest BCUT2D eigenvalue weighted by molar-refractivity contribution is -0.385. The summed E-state index contributed by atoms with van der Waals surface area (Å²) in [5, 5.41) is 24.5. The van der Waals surface area contributed by atoms with E-state index in [-0.39, 0.29) is 40.0 Å². The Morgan fingerprint density at radius 2 is 2.00 bits per heavy atom. The Balaban J connectivity index is 1.98. The molecule has 0 fully saturated rings. The first-order valence-electron chi connectivity index (χ1n) is 8.77. The quantitative estimate of drug-likeness (QED) is 0.336. The first kappa shape index (κ1) is 21.0. The van der Waals surface area contributed by atoms with Gasteiger partial charge in [0.05, 0.1) is 37.1 Å². The number of hydrogen-bond acceptors (Lipinski definition) is 9. The number of anilines is 1. The van der Waals surface area contributed by atoms with Gasteiger partial charge in [-0.2, -0.15) is 10.4 Å². The SMILES string of the molecule is COc1cc([N+](=O)[O-])cc(C=NNc2nc(-c3ccccc3)c(C#N)c(=O)[nH]2)c1OC. The van der Waals surface area contributed by atoms with Crippen LogP contribution < -0.4 is 20.5 Å². The number of aromatic amines is 1. The molecular weight excluding hydrogens is 404 g/mol. The Bertz CT molecular complexity index is 1250. The van der Waals surface area contributed by atoms with Crippen molar-refractivity contribution in [2.24, 2.45) is 5.10 Å². The zero-order valence-electron chi connectivity index (χ0n) is 16.4. The maximum Gasteiger partial charge on any atom is 0.274 e. The predicted molar refractivity (Wildman–Crippen MR) is 112 cm³/mol. The van der Waals surface area contributed by atoms with Gasteiger partial charge in [0.2, 0.25) is 5.95 Å². The molecule has 2 aromatic carbocycles. The molecule has 1 aromatic heterocycles. The van der Waals surface area contributed by atoms with Crippen molar-refractivity contribution in [3.8, 4) is 28.8 Å². The summed E-state index contributed by atoms with van der Waals surface area (Å²) in [6, 6.07) is 13.1. The van der Waals surface area contributed by atoms with Crippen LogP contribution >= 0.6 is 0 Å². The maximum atomic E-state index is 12.3. The number of nitro groups is 1. The molecule has 0 saturated heterocycles. The summed E-state index contributed by atoms with van der Waals surface area (Å²) in [4.78, 5) is 29.6. The second-order valence-corrected chi connectivity index (χ2v) is 6.01. The van der Waals surface area contributed by atoms with Crippen molar-refractivity contribution in [3.63, 3.8) is 0 Å². The lowest BCUT2D eigenvalue weighted by Gasteiger charge is -2.10. The molecular formula is C20H16N6O5. The summed E-state index contributed by atoms with van der Waals surface area (Å²) >= 11 is 0. The number of methoxy groups -OCH3 is 2. The number of nitrogens with one attached hydrogen (secondary N) is 2. The highest BCUT2D eigenvalue weighted by atomic mass is 16.6. The van der Waals surface area contributed by atoms with Gasteiger partial charge in [0.1, 0.15) is 11.6 Å². The number of hydrazone groups is 1. The minimum absolute atomic E-state index is 0.0181. The molecule has 3 aromatic rings. The van der Waals surface area contributed by atoms with Gasteiger partial charge < -0.3 is 9.47 Å². The minimum Gasteiger partial charge on any atom is -0.493 e. The molecule has 0 atom stereocenters. The number of nitro benzene ring substituents is 1. The number of ether oxygens (including phenoxy) is 2. The third-order valence-corrected chi connectivity index (χ3v) is 4.16. The molecule has 31 heavy (non-hydrogen) atoms. The van der Waals surface area contributed by atoms with Crippen molar-refractivity contribution in [3.05, 3.63) is 74.1 Å². The molecule has 11 nitrogen and oxygen atoms in total. The Morgan fingerprint density at radius 3 is 2.61 bits per heavy atom. The normalized spacial score (nSPS) is 10.5. The lowest BCUT2D eigenvalue weighted by atomic mass is 10.1. The number of benzene rings is 2. The molecule has 0 aliphatic heterocycles. The van der Waals surface area contributed by atoms with Crippen LogP contribution in [0.2, 0.25) is 0 Å². The van der Waals surface area contributed by atoms with E-state index in [9.17, 15) is 20.2 Å². The van der Waals surface area contributed by atoms with E-state index in [4.69, 9.17) is 9.47 Å². The van der Waals surface area contributed by atoms with E-state index >= 15 is 0 Å². The second-order valence-electron chi connectivity index (χ2n) is 6.01. The topological polar surface area (TPSA) is 156 Å². The summed E-state index contributed by atoms with van der Waals surface area (Å²) in [7, 11) is 2.75. The van der Waals surface area contributed by atoms with Crippen LogP contribution in [0, 0.1) is 21.4 Å². The minimum atomic E-state index is -0.636. The molecule has 0 radical (unpaired) electrons. The van der Waals surface area contributed by atoms with Crippen molar-refractivity contribution < 1.29 is 14.4 Å². The summed E-state index contributed by atoms with van der Waals surface area (Å²) in [6.45, 7) is 0. The van der Waals surface area contributed by atoms with Crippen molar-refractivity contribution in [1.29, 1.82) is 5.26 Å². The van der Waals surface area contributed by atoms with Crippen LogP contribution in [0.1, 0.15) is 11.1 Å². The zero-order chi connectivity index (χ0) is 22.4. The molecule has 2 N–H and O–H groups in total. The van der Waals surface area contributed by atoms with Crippen molar-refractivity contribution in [2.75, 3.05) is 19.6 Å². The van der Waals surface area contributed by atoms with E-state index in [0.717, 1.165) is 0 Å². The van der Waals surface area contributed by atoms with Gasteiger partial charge in [-0.3, -0.25) is 19.9 Å². The molecule has 11 heteroatoms. The molecule has 0 aliphatic carbocycles. The monoisotopic (exact) mass is 420 g/mol. The fourth-order valence-corrected chi connectivity index (χ4v) is 2.78. The summed E-state index contributed by atoms with van der Waals surface area (Å²) < 4.78 is 10.4. The van der Waals surface area contributed by atoms with Gasteiger partial charge in [-0.1, -0.05) is 30.3 Å². The average molecular weight is 420 g/mol. The predicted octanol–water partition coefficient (Wildman–Crippen LogP) is 2.68. The van der Waals surface area contributed by atoms with E-state index in [1.807, 2.05) is 6.07 Å². The Morgan fingerprint density at radius 1 is 1.26 bits per heavy atom. The number of nitriles is 1. The van der Waals surface area contributed by atoms with E-state index in [0.29, 0.717) is 5.56 Å². The zero-order valence-corrected chi connectivity index (χ0v) is 16.4. The smallest absolute Gasteiger partial charge is 0.274 e. The van der Waals surface area contributed by atoms with Crippen molar-refractivity contribution >= 4 is 17.9 Å². The molecule has 0 amide bonds. The van der Waals surface area contributed by atoms with Gasteiger partial charge in [0, 0.05) is 17.2 Å². The van der Waals surface area contributed by atoms with Crippen LogP contribution in [-0.2, 0) is 0 Å². The van der Waals surface area contributed by atoms with E-state index < -0.39 is 10.5 Å². The lowest BCUT2D eigenvalue weighted by Crippen LogP contribution is -2.16. The molecule has 0 unspecified atom stereocenters. The number of hydrogen-bond donors (Lipinski definition) is 2. The number of H-pyrrole nitrogens is 1. The van der Waals surface area contributed by atoms with E-state index in [1.165, 1.54) is 32.6 Å². The van der Waals surface area contributed by atoms with Crippen molar-refractivity contribution in [2.45, 2.75) is 0 Å². The van der Waals surface area contributed by atoms with Gasteiger partial charge in [-0.05, 0) is 0 Å². The summed E-state index contributed by atoms with van der Waals surface area (Å²) in [5.41, 5.74) is 2.62. The second kappa shape index (κ2) is 9.19. The van der Waals surface area contributed by atoms with Gasteiger partial charge >= 0.3 is 0 Å². The van der Waals surface area contributed by atoms with E-state index in [2.05, 4.69) is 20.5 Å². The molecule has 0 spiro atoms. The van der Waals surface area contributed by atoms with Gasteiger partial charge in [0.15, 0.2) is 11.5 Å². The number of non-ortho nitro benzene ring substituents is 1. The van der Waals surface area contributed by atoms with Gasteiger partial charge in [-0.15, -0.1) is 0 Å². The third kappa shape index (κ3) is 4.48. The first-order valence-corrected chi connectivity index (χ1v) is 8.77. The summed E-state index contributed by atoms with van der Waals surface area (Å²) in [5.74, 6) is 0.384. The van der Waals surface area contributed by atoms with Gasteiger partial charge in [0.25, 0.3) is 11.2 Å². The Kier molecular flexibility index (Phi) is 6.22. The molecule has 0 bridgehead atoms. The van der Waals surface area contributed by atoms with Crippen LogP contribution in [0.15, 0.2) is 52.4 Å². The summed E-state index contributed by atoms with van der Waals surface area (Å²) in [6.07, 6.45) is 1.26. The fraction of sp³-hybridized carbons (Fsp3) is 0.100. The van der Waals surface area contributed by atoms with Crippen LogP contribution in [0.3, 0.4) is 0 Å². The third-order valence-electron chi connectivity index (χ3n) is 4.16. The van der Waals surface area contributed by atoms with Crippen LogP contribution in [0.5, 0.6) is 11.5 Å². The molecule has 156 valence electrons. The Hall–Kier alpha value is -4.72. The molecule has 3 rings (SSSR count). The van der Waals surface area contributed by atoms with Crippen molar-refractivity contribution in [1.82, 2.24) is 9.97 Å². The fourth-order valence-electron chi connectivity index (χ4n) is 2.78. The van der Waals surface area contributed by atoms with Crippen LogP contribution in [0.4, 0.5) is 11.6 Å². The molecule has 0 saturated carbocycles. The molecule has 1 heterocycles. The average Bonchev–Trinajstić information content (AvgIpc) is 2.78. The highest BCUT2D eigenvalue weighted by molar-refractivity contribution is 5.87. The maximum absolute atomic E-state index is 12.3. The highest BCUT2D eigenvalue weighted by Gasteiger charge is 2.17. The van der Waals surface area contributed by atoms with Gasteiger partial charge in [-0.25, -0.2) is 10.4 Å². The Labute approximate surface area is 175 Å². The molecule has 0 aliphatic rings.